The molecule has 0 spiro atoms. The number of primary amides is 1. The van der Waals surface area contributed by atoms with Gasteiger partial charge in [-0.2, -0.15) is 13.2 Å². The van der Waals surface area contributed by atoms with Crippen molar-refractivity contribution in [2.24, 2.45) is 5.73 Å². The first-order valence-corrected chi connectivity index (χ1v) is 5.38. The van der Waals surface area contributed by atoms with E-state index < -0.39 is 17.6 Å². The van der Waals surface area contributed by atoms with Crippen LogP contribution in [0.2, 0.25) is 0 Å². The normalized spacial score (nSPS) is 11.3. The minimum Gasteiger partial charge on any atom is -0.397 e. The zero-order valence-corrected chi connectivity index (χ0v) is 9.98. The van der Waals surface area contributed by atoms with Crippen LogP contribution >= 0.6 is 0 Å². The third kappa shape index (κ3) is 2.53. The fourth-order valence-corrected chi connectivity index (χ4v) is 1.68. The number of hydrogen-bond donors (Lipinski definition) is 2. The number of nitrogens with two attached hydrogens (primary N) is 2. The Morgan fingerprint density at radius 3 is 2.50 bits per heavy atom. The molecule has 2 heterocycles. The van der Waals surface area contributed by atoms with E-state index >= 15 is 0 Å². The molecule has 1 amide bonds. The van der Waals surface area contributed by atoms with E-state index in [0.717, 1.165) is 12.3 Å². The van der Waals surface area contributed by atoms with Crippen LogP contribution < -0.4 is 11.5 Å². The summed E-state index contributed by atoms with van der Waals surface area (Å²) in [5, 5.41) is 0. The van der Waals surface area contributed by atoms with Crippen LogP contribution in [0.1, 0.15) is 16.1 Å². The molecule has 0 unspecified atom stereocenters. The van der Waals surface area contributed by atoms with Crippen LogP contribution in [0.3, 0.4) is 0 Å². The number of amides is 1. The second-order valence-corrected chi connectivity index (χ2v) is 3.92. The van der Waals surface area contributed by atoms with Gasteiger partial charge in [-0.1, -0.05) is 0 Å². The summed E-state index contributed by atoms with van der Waals surface area (Å²) in [6, 6.07) is 3.27. The summed E-state index contributed by atoms with van der Waals surface area (Å²) in [6.45, 7) is 0. The van der Waals surface area contributed by atoms with E-state index in [2.05, 4.69) is 9.97 Å². The maximum Gasteiger partial charge on any atom is 0.418 e. The first-order chi connectivity index (χ1) is 9.30. The second-order valence-electron chi connectivity index (χ2n) is 3.92. The minimum atomic E-state index is -4.55. The van der Waals surface area contributed by atoms with E-state index in [0.29, 0.717) is 0 Å². The lowest BCUT2D eigenvalue weighted by molar-refractivity contribution is -0.137. The Bertz CT molecular complexity index is 670. The van der Waals surface area contributed by atoms with Gasteiger partial charge in [0.2, 0.25) is 0 Å². The van der Waals surface area contributed by atoms with Gasteiger partial charge in [-0.3, -0.25) is 9.78 Å². The van der Waals surface area contributed by atoms with Gasteiger partial charge in [0.15, 0.2) is 5.69 Å². The summed E-state index contributed by atoms with van der Waals surface area (Å²) in [7, 11) is 0. The topological polar surface area (TPSA) is 94.9 Å². The highest BCUT2D eigenvalue weighted by atomic mass is 19.4. The lowest BCUT2D eigenvalue weighted by Crippen LogP contribution is -2.16. The SMILES string of the molecule is NC(=O)c1ncc(-c2ncccc2C(F)(F)F)cc1N. The van der Waals surface area contributed by atoms with Gasteiger partial charge in [-0.05, 0) is 18.2 Å². The fourth-order valence-electron chi connectivity index (χ4n) is 1.68. The Morgan fingerprint density at radius 1 is 1.25 bits per heavy atom. The molecule has 0 aliphatic rings. The van der Waals surface area contributed by atoms with Crippen molar-refractivity contribution in [3.8, 4) is 11.3 Å². The lowest BCUT2D eigenvalue weighted by Gasteiger charge is -2.12. The van der Waals surface area contributed by atoms with Crippen molar-refractivity contribution in [3.63, 3.8) is 0 Å². The smallest absolute Gasteiger partial charge is 0.397 e. The molecule has 2 aromatic rings. The Balaban J connectivity index is 2.59. The first-order valence-electron chi connectivity index (χ1n) is 5.38. The van der Waals surface area contributed by atoms with Crippen molar-refractivity contribution in [2.45, 2.75) is 6.18 Å². The summed E-state index contributed by atoms with van der Waals surface area (Å²) in [5.41, 5.74) is 9.11. The number of nitrogen functional groups attached to an aromatic ring is 1. The Hall–Kier alpha value is -2.64. The highest BCUT2D eigenvalue weighted by Gasteiger charge is 2.34. The first kappa shape index (κ1) is 13.8. The number of anilines is 1. The molecule has 0 bridgehead atoms. The molecule has 2 rings (SSSR count). The zero-order valence-electron chi connectivity index (χ0n) is 9.98. The number of rotatable bonds is 2. The minimum absolute atomic E-state index is 0.0559. The van der Waals surface area contributed by atoms with Crippen LogP contribution in [-0.4, -0.2) is 15.9 Å². The molecule has 20 heavy (non-hydrogen) atoms. The fraction of sp³-hybridized carbons (Fsp3) is 0.0833. The Morgan fingerprint density at radius 2 is 1.95 bits per heavy atom. The average molecular weight is 282 g/mol. The number of carbonyl (C=O) groups excluding carboxylic acids is 1. The molecule has 8 heteroatoms. The van der Waals surface area contributed by atoms with Gasteiger partial charge in [-0.25, -0.2) is 4.98 Å². The van der Waals surface area contributed by atoms with E-state index in [9.17, 15) is 18.0 Å². The van der Waals surface area contributed by atoms with Crippen molar-refractivity contribution in [1.82, 2.24) is 9.97 Å². The number of nitrogens with zero attached hydrogens (tertiary/aromatic N) is 2. The molecule has 2 aromatic heterocycles. The number of hydrogen-bond acceptors (Lipinski definition) is 4. The third-order valence-corrected chi connectivity index (χ3v) is 2.54. The van der Waals surface area contributed by atoms with Gasteiger partial charge in [0.05, 0.1) is 16.9 Å². The van der Waals surface area contributed by atoms with Gasteiger partial charge in [0.1, 0.15) is 0 Å². The number of aromatic nitrogens is 2. The summed E-state index contributed by atoms with van der Waals surface area (Å²) in [5.74, 6) is -0.855. The van der Waals surface area contributed by atoms with Gasteiger partial charge in [-0.15, -0.1) is 0 Å². The average Bonchev–Trinajstić information content (AvgIpc) is 2.37. The van der Waals surface area contributed by atoms with Crippen molar-refractivity contribution in [3.05, 3.63) is 41.9 Å². The molecular weight excluding hydrogens is 273 g/mol. The van der Waals surface area contributed by atoms with Gasteiger partial charge in [0.25, 0.3) is 5.91 Å². The number of halogens is 3. The van der Waals surface area contributed by atoms with E-state index in [1.54, 1.807) is 0 Å². The van der Waals surface area contributed by atoms with Crippen molar-refractivity contribution < 1.29 is 18.0 Å². The maximum absolute atomic E-state index is 12.9. The molecule has 0 atom stereocenters. The van der Waals surface area contributed by atoms with E-state index in [1.165, 1.54) is 18.3 Å². The van der Waals surface area contributed by atoms with Crippen LogP contribution in [0, 0.1) is 0 Å². The number of alkyl halides is 3. The molecular formula is C12H9F3N4O. The summed E-state index contributed by atoms with van der Waals surface area (Å²) in [4.78, 5) is 18.3. The molecule has 0 radical (unpaired) electrons. The Labute approximate surface area is 111 Å². The molecule has 0 fully saturated rings. The zero-order chi connectivity index (χ0) is 14.9. The second kappa shape index (κ2) is 4.80. The van der Waals surface area contributed by atoms with Crippen LogP contribution in [0.25, 0.3) is 11.3 Å². The molecule has 0 aromatic carbocycles. The standard InChI is InChI=1S/C12H9F3N4O/c13-12(14,15)7-2-1-3-18-9(7)6-4-8(16)10(11(17)20)19-5-6/h1-5H,16H2,(H2,17,20). The van der Waals surface area contributed by atoms with Crippen LogP contribution in [0.15, 0.2) is 30.6 Å². The van der Waals surface area contributed by atoms with Crippen molar-refractivity contribution in [1.29, 1.82) is 0 Å². The molecule has 0 aliphatic carbocycles. The number of carbonyl (C=O) groups is 1. The summed E-state index contributed by atoms with van der Waals surface area (Å²) in [6.07, 6.45) is -2.25. The maximum atomic E-state index is 12.9. The van der Waals surface area contributed by atoms with E-state index in [1.807, 2.05) is 0 Å². The van der Waals surface area contributed by atoms with Crippen LogP contribution in [-0.2, 0) is 6.18 Å². The van der Waals surface area contributed by atoms with Crippen LogP contribution in [0.5, 0.6) is 0 Å². The third-order valence-electron chi connectivity index (χ3n) is 2.54. The predicted octanol–water partition coefficient (Wildman–Crippen LogP) is 1.84. The predicted molar refractivity (Wildman–Crippen MR) is 65.4 cm³/mol. The van der Waals surface area contributed by atoms with E-state index in [-0.39, 0.29) is 22.6 Å². The highest BCUT2D eigenvalue weighted by molar-refractivity contribution is 5.96. The van der Waals surface area contributed by atoms with Gasteiger partial charge in [0, 0.05) is 18.0 Å². The quantitative estimate of drug-likeness (QED) is 0.878. The van der Waals surface area contributed by atoms with Gasteiger partial charge >= 0.3 is 6.18 Å². The summed E-state index contributed by atoms with van der Waals surface area (Å²) >= 11 is 0. The molecule has 4 N–H and O–H groups in total. The molecule has 0 aliphatic heterocycles. The van der Waals surface area contributed by atoms with Gasteiger partial charge < -0.3 is 11.5 Å². The lowest BCUT2D eigenvalue weighted by atomic mass is 10.1. The Kier molecular flexibility index (Phi) is 3.31. The molecule has 0 saturated heterocycles. The highest BCUT2D eigenvalue weighted by Crippen LogP contribution is 2.35. The monoisotopic (exact) mass is 282 g/mol. The van der Waals surface area contributed by atoms with Crippen LogP contribution in [0.4, 0.5) is 18.9 Å². The molecule has 0 saturated carbocycles. The van der Waals surface area contributed by atoms with Crippen molar-refractivity contribution in [2.75, 3.05) is 5.73 Å². The van der Waals surface area contributed by atoms with E-state index in [4.69, 9.17) is 11.5 Å². The largest absolute Gasteiger partial charge is 0.418 e. The summed E-state index contributed by atoms with van der Waals surface area (Å²) < 4.78 is 38.6. The van der Waals surface area contributed by atoms with Crippen molar-refractivity contribution >= 4 is 11.6 Å². The molecule has 5 nitrogen and oxygen atoms in total. The molecule has 104 valence electrons. The number of pyridine rings is 2.